The highest BCUT2D eigenvalue weighted by Gasteiger charge is 2.38. The number of carbonyl (C=O) groups excluding carboxylic acids is 2. The van der Waals surface area contributed by atoms with Gasteiger partial charge in [-0.1, -0.05) is 58.4 Å². The topological polar surface area (TPSA) is 74.7 Å². The average Bonchev–Trinajstić information content (AvgIpc) is 3.25. The van der Waals surface area contributed by atoms with Crippen molar-refractivity contribution in [3.05, 3.63) is 52.5 Å². The van der Waals surface area contributed by atoms with Gasteiger partial charge in [0, 0.05) is 18.7 Å². The number of anilines is 1. The number of thiazole rings is 1. The number of thioether (sulfide) groups is 1. The van der Waals surface area contributed by atoms with E-state index in [0.717, 1.165) is 10.2 Å². The number of amides is 2. The second-order valence-corrected chi connectivity index (χ2v) is 9.42. The Labute approximate surface area is 191 Å². The largest absolute Gasteiger partial charge is 0.326 e. The van der Waals surface area contributed by atoms with Gasteiger partial charge in [0.15, 0.2) is 5.17 Å². The number of aliphatic imine (C=N–C) groups is 1. The lowest BCUT2D eigenvalue weighted by atomic mass is 10.2. The number of nitrogens with zero attached hydrogens (tertiary/aromatic N) is 3. The number of para-hydroxylation sites is 1. The van der Waals surface area contributed by atoms with Gasteiger partial charge in [0.25, 0.3) is 0 Å². The molecule has 1 aliphatic heterocycles. The molecule has 2 heterocycles. The van der Waals surface area contributed by atoms with Crippen LogP contribution in [0.15, 0.2) is 47.5 Å². The third-order valence-electron chi connectivity index (χ3n) is 4.38. The van der Waals surface area contributed by atoms with E-state index in [0.29, 0.717) is 32.6 Å². The molecule has 1 N–H and O–H groups in total. The van der Waals surface area contributed by atoms with Gasteiger partial charge >= 0.3 is 0 Å². The van der Waals surface area contributed by atoms with E-state index in [1.54, 1.807) is 23.1 Å². The number of aromatic nitrogens is 1. The molecule has 4 rings (SSSR count). The van der Waals surface area contributed by atoms with Crippen molar-refractivity contribution in [1.82, 2.24) is 9.88 Å². The molecule has 0 aliphatic carbocycles. The second-order valence-electron chi connectivity index (χ2n) is 6.43. The van der Waals surface area contributed by atoms with Crippen molar-refractivity contribution in [3.8, 4) is 0 Å². The van der Waals surface area contributed by atoms with Gasteiger partial charge < -0.3 is 5.32 Å². The molecule has 2 aromatic carbocycles. The fourth-order valence-corrected chi connectivity index (χ4v) is 5.36. The Morgan fingerprint density at radius 1 is 1.23 bits per heavy atom. The number of carbonyl (C=O) groups is 2. The molecule has 154 valence electrons. The van der Waals surface area contributed by atoms with E-state index in [9.17, 15) is 9.59 Å². The van der Waals surface area contributed by atoms with Crippen molar-refractivity contribution < 1.29 is 9.59 Å². The van der Waals surface area contributed by atoms with E-state index >= 15 is 0 Å². The average molecular weight is 479 g/mol. The van der Waals surface area contributed by atoms with Crippen molar-refractivity contribution in [2.75, 3.05) is 11.9 Å². The highest BCUT2D eigenvalue weighted by atomic mass is 35.5. The van der Waals surface area contributed by atoms with Gasteiger partial charge in [-0.05, 0) is 37.3 Å². The maximum atomic E-state index is 12.8. The molecule has 6 nitrogen and oxygen atoms in total. The molecule has 1 fully saturated rings. The van der Waals surface area contributed by atoms with Crippen molar-refractivity contribution in [1.29, 1.82) is 0 Å². The number of nitrogens with one attached hydrogen (secondary N) is 1. The van der Waals surface area contributed by atoms with Crippen molar-refractivity contribution in [2.24, 2.45) is 4.99 Å². The number of fused-ring (bicyclic) bond motifs is 1. The fraction of sp³-hybridized carbons (Fsp3) is 0.200. The minimum Gasteiger partial charge on any atom is -0.326 e. The first kappa shape index (κ1) is 21.1. The van der Waals surface area contributed by atoms with Crippen LogP contribution in [0.5, 0.6) is 0 Å². The summed E-state index contributed by atoms with van der Waals surface area (Å²) < 4.78 is 1.03. The summed E-state index contributed by atoms with van der Waals surface area (Å²) in [6, 6.07) is 12.6. The second kappa shape index (κ2) is 8.93. The highest BCUT2D eigenvalue weighted by Crippen LogP contribution is 2.34. The summed E-state index contributed by atoms with van der Waals surface area (Å²) in [5, 5.41) is 4.13. The maximum Gasteiger partial charge on any atom is 0.242 e. The van der Waals surface area contributed by atoms with Crippen LogP contribution in [0.1, 0.15) is 13.3 Å². The van der Waals surface area contributed by atoms with Gasteiger partial charge in [-0.15, -0.1) is 0 Å². The molecule has 1 atom stereocenters. The molecule has 0 radical (unpaired) electrons. The Hall–Kier alpha value is -2.13. The van der Waals surface area contributed by atoms with Gasteiger partial charge in [-0.25, -0.2) is 4.98 Å². The Morgan fingerprint density at radius 3 is 2.77 bits per heavy atom. The molecule has 1 saturated heterocycles. The van der Waals surface area contributed by atoms with E-state index in [1.807, 2.05) is 31.2 Å². The number of benzene rings is 2. The van der Waals surface area contributed by atoms with Crippen LogP contribution in [0.4, 0.5) is 10.8 Å². The lowest BCUT2D eigenvalue weighted by molar-refractivity contribution is -0.128. The Bertz CT molecular complexity index is 1130. The zero-order chi connectivity index (χ0) is 21.3. The SMILES string of the molecule is CCN1C(=O)C(CC(=O)Nc2ccc(Cl)c(Cl)c2)SC1=Nc1nc2ccccc2s1. The van der Waals surface area contributed by atoms with Gasteiger partial charge in [0.1, 0.15) is 5.25 Å². The lowest BCUT2D eigenvalue weighted by Crippen LogP contribution is -2.33. The first-order valence-electron chi connectivity index (χ1n) is 9.12. The number of amidine groups is 1. The first-order valence-corrected chi connectivity index (χ1v) is 11.6. The van der Waals surface area contributed by atoms with E-state index in [2.05, 4.69) is 15.3 Å². The summed E-state index contributed by atoms with van der Waals surface area (Å²) in [7, 11) is 0. The molecule has 0 bridgehead atoms. The monoisotopic (exact) mass is 478 g/mol. The van der Waals surface area contributed by atoms with Crippen LogP contribution < -0.4 is 5.32 Å². The normalized spacial score (nSPS) is 17.8. The number of halogens is 2. The van der Waals surface area contributed by atoms with Crippen LogP contribution in [0, 0.1) is 0 Å². The van der Waals surface area contributed by atoms with Gasteiger partial charge in [-0.2, -0.15) is 4.99 Å². The molecule has 0 spiro atoms. The van der Waals surface area contributed by atoms with Crippen LogP contribution >= 0.6 is 46.3 Å². The summed E-state index contributed by atoms with van der Waals surface area (Å²) in [5.41, 5.74) is 1.40. The van der Waals surface area contributed by atoms with Crippen LogP contribution in [0.2, 0.25) is 10.0 Å². The molecule has 1 aliphatic rings. The van der Waals surface area contributed by atoms with Gasteiger partial charge in [0.2, 0.25) is 16.9 Å². The number of hydrogen-bond acceptors (Lipinski definition) is 6. The van der Waals surface area contributed by atoms with Crippen molar-refractivity contribution >= 4 is 84.3 Å². The molecular formula is C20H16Cl2N4O2S2. The molecule has 1 unspecified atom stereocenters. The summed E-state index contributed by atoms with van der Waals surface area (Å²) in [6.07, 6.45) is 0.0269. The molecule has 30 heavy (non-hydrogen) atoms. The highest BCUT2D eigenvalue weighted by molar-refractivity contribution is 8.15. The zero-order valence-electron chi connectivity index (χ0n) is 15.8. The zero-order valence-corrected chi connectivity index (χ0v) is 18.9. The smallest absolute Gasteiger partial charge is 0.242 e. The molecule has 1 aromatic heterocycles. The molecule has 3 aromatic rings. The summed E-state index contributed by atoms with van der Waals surface area (Å²) in [6.45, 7) is 2.35. The van der Waals surface area contributed by atoms with Crippen molar-refractivity contribution in [2.45, 2.75) is 18.6 Å². The fourth-order valence-electron chi connectivity index (χ4n) is 2.96. The van der Waals surface area contributed by atoms with Crippen LogP contribution in [0.25, 0.3) is 10.2 Å². The number of rotatable bonds is 5. The molecular weight excluding hydrogens is 463 g/mol. The molecule has 2 amide bonds. The number of hydrogen-bond donors (Lipinski definition) is 1. The third kappa shape index (κ3) is 4.46. The van der Waals surface area contributed by atoms with E-state index in [-0.39, 0.29) is 18.2 Å². The predicted octanol–water partition coefficient (Wildman–Crippen LogP) is 5.58. The van der Waals surface area contributed by atoms with E-state index in [1.165, 1.54) is 23.1 Å². The third-order valence-corrected chi connectivity index (χ3v) is 7.23. The predicted molar refractivity (Wildman–Crippen MR) is 125 cm³/mol. The Kier molecular flexibility index (Phi) is 6.29. The van der Waals surface area contributed by atoms with Gasteiger partial charge in [0.05, 0.1) is 20.3 Å². The van der Waals surface area contributed by atoms with E-state index < -0.39 is 5.25 Å². The Balaban J connectivity index is 1.48. The Morgan fingerprint density at radius 2 is 2.03 bits per heavy atom. The summed E-state index contributed by atoms with van der Waals surface area (Å²) in [5.74, 6) is -0.414. The van der Waals surface area contributed by atoms with Crippen LogP contribution in [0.3, 0.4) is 0 Å². The molecule has 0 saturated carbocycles. The minimum atomic E-state index is -0.541. The van der Waals surface area contributed by atoms with Crippen LogP contribution in [-0.4, -0.2) is 38.7 Å². The summed E-state index contributed by atoms with van der Waals surface area (Å²) in [4.78, 5) is 35.9. The quantitative estimate of drug-likeness (QED) is 0.518. The van der Waals surface area contributed by atoms with Crippen LogP contribution in [-0.2, 0) is 9.59 Å². The van der Waals surface area contributed by atoms with E-state index in [4.69, 9.17) is 23.2 Å². The standard InChI is InChI=1S/C20H16Cl2N4O2S2/c1-2-26-18(28)16(10-17(27)23-11-7-8-12(21)13(22)9-11)30-20(26)25-19-24-14-5-3-4-6-15(14)29-19/h3-9,16H,2,10H2,1H3,(H,23,27). The van der Waals surface area contributed by atoms with Gasteiger partial charge in [-0.3, -0.25) is 14.5 Å². The lowest BCUT2D eigenvalue weighted by Gasteiger charge is -2.13. The minimum absolute atomic E-state index is 0.0269. The maximum absolute atomic E-state index is 12.8. The summed E-state index contributed by atoms with van der Waals surface area (Å²) >= 11 is 14.6. The molecule has 10 heteroatoms. The first-order chi connectivity index (χ1) is 14.4. The van der Waals surface area contributed by atoms with Crippen molar-refractivity contribution in [3.63, 3.8) is 0 Å².